The van der Waals surface area contributed by atoms with Crippen LogP contribution < -0.4 is 4.90 Å². The highest BCUT2D eigenvalue weighted by molar-refractivity contribution is 7.98. The van der Waals surface area contributed by atoms with Crippen LogP contribution in [0.1, 0.15) is 12.0 Å². The lowest BCUT2D eigenvalue weighted by atomic mass is 10.2. The van der Waals surface area contributed by atoms with Gasteiger partial charge in [0.2, 0.25) is 5.91 Å². The quantitative estimate of drug-likeness (QED) is 0.288. The van der Waals surface area contributed by atoms with Gasteiger partial charge < -0.3 is 0 Å². The van der Waals surface area contributed by atoms with E-state index in [-0.39, 0.29) is 29.5 Å². The second-order valence-corrected chi connectivity index (χ2v) is 11.6. The van der Waals surface area contributed by atoms with E-state index in [1.165, 1.54) is 35.6 Å². The number of nitrogens with zero attached hydrogens (tertiary/aromatic N) is 3. The first-order valence-corrected chi connectivity index (χ1v) is 14.1. The van der Waals surface area contributed by atoms with Crippen LogP contribution in [0.5, 0.6) is 0 Å². The summed E-state index contributed by atoms with van der Waals surface area (Å²) in [6.07, 6.45) is 5.16. The number of carbonyl (C=O) groups excluding carboxylic acids is 1. The van der Waals surface area contributed by atoms with Crippen molar-refractivity contribution >= 4 is 65.8 Å². The maximum Gasteiger partial charge on any atom is 0.230 e. The van der Waals surface area contributed by atoms with Gasteiger partial charge in [-0.1, -0.05) is 35.1 Å². The van der Waals surface area contributed by atoms with Gasteiger partial charge >= 0.3 is 0 Å². The van der Waals surface area contributed by atoms with Gasteiger partial charge in [-0.2, -0.15) is 0 Å². The lowest BCUT2D eigenvalue weighted by Crippen LogP contribution is -2.31. The molecule has 0 saturated heterocycles. The predicted molar refractivity (Wildman–Crippen MR) is 135 cm³/mol. The fourth-order valence-corrected chi connectivity index (χ4v) is 6.24. The molecule has 0 bridgehead atoms. The third-order valence-electron chi connectivity index (χ3n) is 4.94. The Labute approximate surface area is 205 Å². The number of hydrogen-bond acceptors (Lipinski definition) is 7. The van der Waals surface area contributed by atoms with E-state index in [0.29, 0.717) is 10.2 Å². The number of aromatic nitrogens is 2. The highest BCUT2D eigenvalue weighted by Gasteiger charge is 2.24. The molecule has 0 fully saturated rings. The number of sulfone groups is 1. The maximum atomic E-state index is 13.3. The molecule has 0 aliphatic heterocycles. The van der Waals surface area contributed by atoms with Crippen LogP contribution >= 0.6 is 34.7 Å². The summed E-state index contributed by atoms with van der Waals surface area (Å²) in [6, 6.07) is 15.5. The van der Waals surface area contributed by atoms with Crippen molar-refractivity contribution in [2.75, 3.05) is 16.9 Å². The van der Waals surface area contributed by atoms with Crippen LogP contribution in [0.15, 0.2) is 76.8 Å². The lowest BCUT2D eigenvalue weighted by molar-refractivity contribution is -0.118. The molecular weight excluding hydrogens is 498 g/mol. The first-order valence-electron chi connectivity index (χ1n) is 9.98. The highest BCUT2D eigenvalue weighted by atomic mass is 35.5. The SMILES string of the molecule is CSc1cccc2sc(N(Cc3cccnc3)C(=O)CCS(=O)(=O)c3ccc(Cl)cc3)nc12. The van der Waals surface area contributed by atoms with E-state index in [1.807, 2.05) is 30.5 Å². The van der Waals surface area contributed by atoms with Gasteiger partial charge in [0.1, 0.15) is 0 Å². The summed E-state index contributed by atoms with van der Waals surface area (Å²) in [6.45, 7) is 0.252. The summed E-state index contributed by atoms with van der Waals surface area (Å²) >= 11 is 8.86. The van der Waals surface area contributed by atoms with Gasteiger partial charge in [-0.15, -0.1) is 11.8 Å². The van der Waals surface area contributed by atoms with Crippen molar-refractivity contribution in [3.8, 4) is 0 Å². The third kappa shape index (κ3) is 5.55. The number of hydrogen-bond donors (Lipinski definition) is 0. The molecule has 0 N–H and O–H groups in total. The number of fused-ring (bicyclic) bond motifs is 1. The summed E-state index contributed by atoms with van der Waals surface area (Å²) in [4.78, 5) is 24.9. The molecular formula is C23H20ClN3O3S3. The minimum Gasteiger partial charge on any atom is -0.284 e. The second kappa shape index (κ2) is 10.2. The van der Waals surface area contributed by atoms with Gasteiger partial charge in [0, 0.05) is 28.7 Å². The fraction of sp³-hybridized carbons (Fsp3) is 0.174. The number of pyridine rings is 1. The Hall–Kier alpha value is -2.46. The normalized spacial score (nSPS) is 11.6. The van der Waals surface area contributed by atoms with Gasteiger partial charge in [-0.3, -0.25) is 14.7 Å². The van der Waals surface area contributed by atoms with Crippen LogP contribution in [0.25, 0.3) is 10.2 Å². The molecule has 0 aliphatic carbocycles. The molecule has 0 saturated carbocycles. The summed E-state index contributed by atoms with van der Waals surface area (Å²) < 4.78 is 26.5. The minimum absolute atomic E-state index is 0.142. The molecule has 6 nitrogen and oxygen atoms in total. The zero-order valence-corrected chi connectivity index (χ0v) is 20.8. The summed E-state index contributed by atoms with van der Waals surface area (Å²) in [5.74, 6) is -0.626. The molecule has 0 spiro atoms. The van der Waals surface area contributed by atoms with Gasteiger partial charge in [-0.05, 0) is 54.3 Å². The van der Waals surface area contributed by atoms with E-state index in [0.717, 1.165) is 20.7 Å². The number of benzene rings is 2. The molecule has 0 radical (unpaired) electrons. The number of thioether (sulfide) groups is 1. The lowest BCUT2D eigenvalue weighted by Gasteiger charge is -2.20. The standard InChI is InChI=1S/C23H20ClN3O3S3/c1-31-19-5-2-6-20-22(19)26-23(32-20)27(15-16-4-3-12-25-14-16)21(28)11-13-33(29,30)18-9-7-17(24)8-10-18/h2-10,12,14H,11,13,15H2,1H3. The van der Waals surface area contributed by atoms with E-state index in [2.05, 4.69) is 4.98 Å². The number of amides is 1. The van der Waals surface area contributed by atoms with Crippen molar-refractivity contribution in [1.82, 2.24) is 9.97 Å². The zero-order valence-electron chi connectivity index (χ0n) is 17.6. The van der Waals surface area contributed by atoms with Gasteiger partial charge in [0.25, 0.3) is 0 Å². The predicted octanol–water partition coefficient (Wildman–Crippen LogP) is 5.46. The van der Waals surface area contributed by atoms with Crippen molar-refractivity contribution in [3.63, 3.8) is 0 Å². The van der Waals surface area contributed by atoms with Crippen LogP contribution in [0, 0.1) is 0 Å². The van der Waals surface area contributed by atoms with Gasteiger partial charge in [0.15, 0.2) is 15.0 Å². The van der Waals surface area contributed by atoms with Crippen LogP contribution in [-0.2, 0) is 21.2 Å². The molecule has 1 amide bonds. The van der Waals surface area contributed by atoms with E-state index in [4.69, 9.17) is 16.6 Å². The summed E-state index contributed by atoms with van der Waals surface area (Å²) in [7, 11) is -3.63. The molecule has 2 heterocycles. The molecule has 4 rings (SSSR count). The second-order valence-electron chi connectivity index (χ2n) is 7.17. The Morgan fingerprint density at radius 2 is 1.91 bits per heavy atom. The molecule has 0 atom stereocenters. The number of para-hydroxylation sites is 1. The van der Waals surface area contributed by atoms with Gasteiger partial charge in [0.05, 0.1) is 27.4 Å². The van der Waals surface area contributed by atoms with Crippen molar-refractivity contribution < 1.29 is 13.2 Å². The van der Waals surface area contributed by atoms with E-state index in [9.17, 15) is 13.2 Å². The molecule has 10 heteroatoms. The Morgan fingerprint density at radius 1 is 1.12 bits per heavy atom. The van der Waals surface area contributed by atoms with Crippen molar-refractivity contribution in [2.45, 2.75) is 22.8 Å². The molecule has 2 aromatic carbocycles. The topological polar surface area (TPSA) is 80.2 Å². The fourth-order valence-electron chi connectivity index (χ4n) is 3.24. The number of halogens is 1. The van der Waals surface area contributed by atoms with Crippen molar-refractivity contribution in [1.29, 1.82) is 0 Å². The molecule has 0 unspecified atom stereocenters. The van der Waals surface area contributed by atoms with Crippen molar-refractivity contribution in [2.24, 2.45) is 0 Å². The minimum atomic E-state index is -3.63. The van der Waals surface area contributed by atoms with Crippen LogP contribution in [0.4, 0.5) is 5.13 Å². The molecule has 170 valence electrons. The monoisotopic (exact) mass is 517 g/mol. The van der Waals surface area contributed by atoms with Crippen LogP contribution in [-0.4, -0.2) is 36.3 Å². The van der Waals surface area contributed by atoms with Crippen LogP contribution in [0.3, 0.4) is 0 Å². The first kappa shape index (κ1) is 23.7. The summed E-state index contributed by atoms with van der Waals surface area (Å²) in [5, 5.41) is 0.984. The number of rotatable bonds is 8. The largest absolute Gasteiger partial charge is 0.284 e. The molecule has 2 aromatic heterocycles. The Kier molecular flexibility index (Phi) is 7.33. The van der Waals surface area contributed by atoms with Crippen LogP contribution in [0.2, 0.25) is 5.02 Å². The van der Waals surface area contributed by atoms with Gasteiger partial charge in [-0.25, -0.2) is 13.4 Å². The molecule has 4 aromatic rings. The number of anilines is 1. The smallest absolute Gasteiger partial charge is 0.230 e. The average molecular weight is 518 g/mol. The van der Waals surface area contributed by atoms with E-state index < -0.39 is 9.84 Å². The third-order valence-corrected chi connectivity index (χ3v) is 8.74. The average Bonchev–Trinajstić information content (AvgIpc) is 3.26. The van der Waals surface area contributed by atoms with Crippen molar-refractivity contribution in [3.05, 3.63) is 77.6 Å². The first-order chi connectivity index (χ1) is 15.9. The Balaban J connectivity index is 1.62. The number of thiazole rings is 1. The molecule has 33 heavy (non-hydrogen) atoms. The highest BCUT2D eigenvalue weighted by Crippen LogP contribution is 2.35. The zero-order chi connectivity index (χ0) is 23.4. The molecule has 0 aliphatic rings. The Morgan fingerprint density at radius 3 is 2.61 bits per heavy atom. The Bertz CT molecular complexity index is 1370. The van der Waals surface area contributed by atoms with E-state index in [1.54, 1.807) is 35.1 Å². The summed E-state index contributed by atoms with van der Waals surface area (Å²) in [5.41, 5.74) is 1.67. The number of carbonyl (C=O) groups is 1. The van der Waals surface area contributed by atoms with E-state index >= 15 is 0 Å². The maximum absolute atomic E-state index is 13.3.